The molecule has 5 heteroatoms. The van der Waals surface area contributed by atoms with Crippen LogP contribution in [-0.4, -0.2) is 31.9 Å². The Morgan fingerprint density at radius 1 is 1.15 bits per heavy atom. The Labute approximate surface area is 127 Å². The van der Waals surface area contributed by atoms with Gasteiger partial charge in [-0.3, -0.25) is 0 Å². The van der Waals surface area contributed by atoms with E-state index in [1.54, 1.807) is 19.9 Å². The van der Waals surface area contributed by atoms with E-state index in [1.807, 2.05) is 44.2 Å². The third-order valence-corrected chi connectivity index (χ3v) is 4.22. The van der Waals surface area contributed by atoms with E-state index in [-0.39, 0.29) is 0 Å². The summed E-state index contributed by atoms with van der Waals surface area (Å²) in [6.07, 6.45) is 3.65. The maximum Gasteiger partial charge on any atom is 0.245 e. The molecule has 20 heavy (non-hydrogen) atoms. The van der Waals surface area contributed by atoms with Gasteiger partial charge in [-0.25, -0.2) is 0 Å². The lowest BCUT2D eigenvalue weighted by Crippen LogP contribution is -2.51. The van der Waals surface area contributed by atoms with Crippen LogP contribution in [0.5, 0.6) is 0 Å². The molecule has 0 saturated heterocycles. The predicted octanol–water partition coefficient (Wildman–Crippen LogP) is 3.63. The van der Waals surface area contributed by atoms with E-state index in [0.717, 1.165) is 19.8 Å². The highest BCUT2D eigenvalue weighted by Crippen LogP contribution is 2.32. The van der Waals surface area contributed by atoms with Crippen LogP contribution < -0.4 is 0 Å². The van der Waals surface area contributed by atoms with Crippen LogP contribution in [-0.2, 0) is 0 Å². The average molecular weight is 339 g/mol. The Bertz CT molecular complexity index is 574. The highest BCUT2D eigenvalue weighted by atomic mass is 79.9. The Hall–Kier alpha value is -1.17. The fourth-order valence-electron chi connectivity index (χ4n) is 2.44. The van der Waals surface area contributed by atoms with Crippen LogP contribution in [0.2, 0.25) is 0 Å². The van der Waals surface area contributed by atoms with E-state index in [4.69, 9.17) is 0 Å². The van der Waals surface area contributed by atoms with Crippen molar-refractivity contribution in [3.63, 3.8) is 0 Å². The summed E-state index contributed by atoms with van der Waals surface area (Å²) >= 11 is 3.39. The van der Waals surface area contributed by atoms with Crippen LogP contribution in [0, 0.1) is 5.21 Å². The highest BCUT2D eigenvalue weighted by molar-refractivity contribution is 9.10. The normalized spacial score (nSPS) is 21.9. The molecule has 0 amide bonds. The summed E-state index contributed by atoms with van der Waals surface area (Å²) < 4.78 is 1.87. The van der Waals surface area contributed by atoms with Gasteiger partial charge in [0.1, 0.15) is 5.54 Å². The number of benzene rings is 1. The van der Waals surface area contributed by atoms with Crippen molar-refractivity contribution in [3.05, 3.63) is 45.6 Å². The fourth-order valence-corrected chi connectivity index (χ4v) is 2.71. The van der Waals surface area contributed by atoms with Crippen molar-refractivity contribution < 1.29 is 9.95 Å². The standard InChI is InChI=1S/C15H19BrN2O2/c1-14(2)13(17(19)15(3,4)18(14)20)10-7-11-5-8-12(16)9-6-11/h5-10,20H,1-4H3/b10-7+. The lowest BCUT2D eigenvalue weighted by molar-refractivity contribution is -0.580. The number of halogens is 1. The van der Waals surface area contributed by atoms with Gasteiger partial charge in [-0.15, -0.1) is 5.06 Å². The third kappa shape index (κ3) is 2.41. The van der Waals surface area contributed by atoms with Gasteiger partial charge in [0.2, 0.25) is 11.4 Å². The lowest BCUT2D eigenvalue weighted by atomic mass is 9.97. The molecule has 1 heterocycles. The minimum atomic E-state index is -0.969. The van der Waals surface area contributed by atoms with Gasteiger partial charge in [-0.05, 0) is 37.6 Å². The molecule has 1 aliphatic rings. The minimum absolute atomic E-state index is 0.535. The molecule has 1 N–H and O–H groups in total. The zero-order valence-electron chi connectivity index (χ0n) is 12.1. The van der Waals surface area contributed by atoms with Gasteiger partial charge < -0.3 is 10.4 Å². The fraction of sp³-hybridized carbons (Fsp3) is 0.400. The quantitative estimate of drug-likeness (QED) is 0.661. The van der Waals surface area contributed by atoms with Crippen molar-refractivity contribution in [1.29, 1.82) is 0 Å². The van der Waals surface area contributed by atoms with E-state index >= 15 is 0 Å². The topological polar surface area (TPSA) is 49.5 Å². The number of hydroxylamine groups is 3. The first-order valence-corrected chi connectivity index (χ1v) is 7.24. The van der Waals surface area contributed by atoms with Crippen LogP contribution in [0.15, 0.2) is 34.8 Å². The smallest absolute Gasteiger partial charge is 0.245 e. The van der Waals surface area contributed by atoms with Crippen molar-refractivity contribution in [3.8, 4) is 0 Å². The van der Waals surface area contributed by atoms with E-state index in [0.29, 0.717) is 5.71 Å². The summed E-state index contributed by atoms with van der Waals surface area (Å²) in [6, 6.07) is 7.81. The second-order valence-corrected chi connectivity index (χ2v) is 6.85. The molecule has 1 aliphatic heterocycles. The molecular weight excluding hydrogens is 320 g/mol. The Morgan fingerprint density at radius 3 is 2.15 bits per heavy atom. The Morgan fingerprint density at radius 2 is 1.70 bits per heavy atom. The number of rotatable bonds is 2. The summed E-state index contributed by atoms with van der Waals surface area (Å²) in [5.74, 6) is 0. The van der Waals surface area contributed by atoms with E-state index < -0.39 is 11.2 Å². The van der Waals surface area contributed by atoms with Gasteiger partial charge in [0.05, 0.1) is 0 Å². The maximum absolute atomic E-state index is 12.3. The molecule has 0 bridgehead atoms. The lowest BCUT2D eigenvalue weighted by Gasteiger charge is -2.29. The second kappa shape index (κ2) is 4.98. The molecule has 0 spiro atoms. The van der Waals surface area contributed by atoms with Gasteiger partial charge in [0.25, 0.3) is 0 Å². The van der Waals surface area contributed by atoms with Gasteiger partial charge in [-0.1, -0.05) is 28.1 Å². The maximum atomic E-state index is 12.3. The molecule has 0 aliphatic carbocycles. The molecule has 108 valence electrons. The van der Waals surface area contributed by atoms with Crippen LogP contribution >= 0.6 is 15.9 Å². The minimum Gasteiger partial charge on any atom is -0.622 e. The Balaban J connectivity index is 2.37. The number of hydrogen-bond acceptors (Lipinski definition) is 3. The molecule has 0 unspecified atom stereocenters. The first-order chi connectivity index (χ1) is 9.17. The number of hydrogen-bond donors (Lipinski definition) is 1. The molecule has 0 saturated carbocycles. The molecular formula is C15H19BrN2O2. The monoisotopic (exact) mass is 338 g/mol. The van der Waals surface area contributed by atoms with E-state index in [9.17, 15) is 10.4 Å². The van der Waals surface area contributed by atoms with Crippen LogP contribution in [0.3, 0.4) is 0 Å². The average Bonchev–Trinajstić information content (AvgIpc) is 2.49. The Kier molecular flexibility index (Phi) is 3.79. The summed E-state index contributed by atoms with van der Waals surface area (Å²) in [5, 5.41) is 23.6. The van der Waals surface area contributed by atoms with Crippen molar-refractivity contribution in [2.75, 3.05) is 0 Å². The molecule has 0 aromatic heterocycles. The van der Waals surface area contributed by atoms with E-state index in [2.05, 4.69) is 15.9 Å². The van der Waals surface area contributed by atoms with Crippen molar-refractivity contribution in [2.45, 2.75) is 38.9 Å². The summed E-state index contributed by atoms with van der Waals surface area (Å²) in [4.78, 5) is 0. The zero-order chi connectivity index (χ0) is 15.1. The molecule has 0 fully saturated rings. The van der Waals surface area contributed by atoms with Crippen molar-refractivity contribution in [1.82, 2.24) is 5.06 Å². The predicted molar refractivity (Wildman–Crippen MR) is 83.6 cm³/mol. The van der Waals surface area contributed by atoms with Crippen molar-refractivity contribution in [2.24, 2.45) is 0 Å². The highest BCUT2D eigenvalue weighted by Gasteiger charge is 2.55. The van der Waals surface area contributed by atoms with Gasteiger partial charge in [-0.2, -0.15) is 4.74 Å². The summed E-state index contributed by atoms with van der Waals surface area (Å²) in [7, 11) is 0. The zero-order valence-corrected chi connectivity index (χ0v) is 13.7. The van der Waals surface area contributed by atoms with Gasteiger partial charge in [0, 0.05) is 24.4 Å². The molecule has 0 atom stereocenters. The molecule has 1 aromatic rings. The van der Waals surface area contributed by atoms with Crippen LogP contribution in [0.1, 0.15) is 33.3 Å². The first kappa shape index (κ1) is 15.2. The molecule has 4 nitrogen and oxygen atoms in total. The van der Waals surface area contributed by atoms with Crippen LogP contribution in [0.4, 0.5) is 0 Å². The van der Waals surface area contributed by atoms with Crippen LogP contribution in [0.25, 0.3) is 6.08 Å². The van der Waals surface area contributed by atoms with Gasteiger partial charge >= 0.3 is 0 Å². The molecule has 2 rings (SSSR count). The molecule has 1 aromatic carbocycles. The SMILES string of the molecule is CC1(C)C(/C=C/c2ccc(Br)cc2)=[N+]([O-])C(C)(C)N1O. The van der Waals surface area contributed by atoms with Crippen molar-refractivity contribution >= 4 is 27.7 Å². The first-order valence-electron chi connectivity index (χ1n) is 6.45. The van der Waals surface area contributed by atoms with E-state index in [1.165, 1.54) is 0 Å². The largest absolute Gasteiger partial charge is 0.622 e. The second-order valence-electron chi connectivity index (χ2n) is 5.93. The summed E-state index contributed by atoms with van der Waals surface area (Å²) in [6.45, 7) is 7.05. The summed E-state index contributed by atoms with van der Waals surface area (Å²) in [5.41, 5.74) is -0.160. The number of nitrogens with zero attached hydrogens (tertiary/aromatic N) is 2. The van der Waals surface area contributed by atoms with Gasteiger partial charge in [0.15, 0.2) is 0 Å². The molecule has 0 radical (unpaired) electrons. The third-order valence-electron chi connectivity index (χ3n) is 3.69.